The number of nitrogens with zero attached hydrogens (tertiary/aromatic N) is 2. The fourth-order valence-corrected chi connectivity index (χ4v) is 4.15. The fourth-order valence-electron chi connectivity index (χ4n) is 4.15. The van der Waals surface area contributed by atoms with E-state index in [1.54, 1.807) is 0 Å². The van der Waals surface area contributed by atoms with Crippen molar-refractivity contribution in [2.45, 2.75) is 6.04 Å². The topological polar surface area (TPSA) is 41.6 Å². The molecule has 0 aromatic heterocycles. The molecule has 4 aromatic rings. The SMILES string of the molecule is CN(C(N)=NC(c1ccccc1)c1ccccc1)c1ccc2cccc3c2c1C=C3. The van der Waals surface area contributed by atoms with Crippen molar-refractivity contribution >= 4 is 34.6 Å². The van der Waals surface area contributed by atoms with Gasteiger partial charge in [-0.1, -0.05) is 97.1 Å². The summed E-state index contributed by atoms with van der Waals surface area (Å²) in [6.07, 6.45) is 4.34. The third kappa shape index (κ3) is 3.15. The van der Waals surface area contributed by atoms with Gasteiger partial charge in [0, 0.05) is 12.6 Å². The van der Waals surface area contributed by atoms with E-state index >= 15 is 0 Å². The van der Waals surface area contributed by atoms with Gasteiger partial charge in [-0.15, -0.1) is 0 Å². The highest BCUT2D eigenvalue weighted by molar-refractivity contribution is 6.10. The fraction of sp³-hybridized carbons (Fsp3) is 0.0741. The molecule has 1 aliphatic rings. The molecule has 3 heteroatoms. The van der Waals surface area contributed by atoms with Gasteiger partial charge in [0.15, 0.2) is 5.96 Å². The van der Waals surface area contributed by atoms with Crippen LogP contribution in [0.3, 0.4) is 0 Å². The van der Waals surface area contributed by atoms with E-state index in [-0.39, 0.29) is 6.04 Å². The van der Waals surface area contributed by atoms with Crippen molar-refractivity contribution in [2.24, 2.45) is 10.7 Å². The predicted octanol–water partition coefficient (Wildman–Crippen LogP) is 5.86. The first-order chi connectivity index (χ1) is 14.7. The lowest BCUT2D eigenvalue weighted by atomic mass is 9.99. The summed E-state index contributed by atoms with van der Waals surface area (Å²) in [5.74, 6) is 0.487. The zero-order valence-electron chi connectivity index (χ0n) is 16.9. The minimum absolute atomic E-state index is 0.157. The highest BCUT2D eigenvalue weighted by Gasteiger charge is 2.19. The molecule has 0 fully saturated rings. The summed E-state index contributed by atoms with van der Waals surface area (Å²) >= 11 is 0. The maximum Gasteiger partial charge on any atom is 0.196 e. The number of hydrogen-bond acceptors (Lipinski definition) is 1. The Bertz CT molecular complexity index is 1220. The number of anilines is 1. The Morgan fingerprint density at radius 2 is 1.43 bits per heavy atom. The molecule has 0 saturated carbocycles. The van der Waals surface area contributed by atoms with E-state index in [2.05, 4.69) is 66.7 Å². The van der Waals surface area contributed by atoms with Crippen LogP contribution < -0.4 is 10.6 Å². The first-order valence-electron chi connectivity index (χ1n) is 10.1. The Morgan fingerprint density at radius 3 is 2.10 bits per heavy atom. The number of benzene rings is 4. The van der Waals surface area contributed by atoms with Crippen LogP contribution in [0.2, 0.25) is 0 Å². The minimum Gasteiger partial charge on any atom is -0.369 e. The van der Waals surface area contributed by atoms with E-state index in [1.807, 2.05) is 48.3 Å². The van der Waals surface area contributed by atoms with Crippen molar-refractivity contribution in [3.05, 3.63) is 113 Å². The van der Waals surface area contributed by atoms with E-state index in [9.17, 15) is 0 Å². The number of guanidine groups is 1. The van der Waals surface area contributed by atoms with Gasteiger partial charge in [-0.2, -0.15) is 0 Å². The van der Waals surface area contributed by atoms with Crippen LogP contribution in [0.5, 0.6) is 0 Å². The van der Waals surface area contributed by atoms with Gasteiger partial charge in [0.05, 0.1) is 5.69 Å². The van der Waals surface area contributed by atoms with Crippen LogP contribution in [0.4, 0.5) is 5.69 Å². The molecule has 0 aliphatic heterocycles. The van der Waals surface area contributed by atoms with Crippen LogP contribution in [-0.2, 0) is 0 Å². The lowest BCUT2D eigenvalue weighted by Gasteiger charge is -2.23. The van der Waals surface area contributed by atoms with Crippen LogP contribution in [0.1, 0.15) is 28.3 Å². The predicted molar refractivity (Wildman–Crippen MR) is 128 cm³/mol. The van der Waals surface area contributed by atoms with E-state index in [1.165, 1.54) is 21.9 Å². The van der Waals surface area contributed by atoms with Crippen LogP contribution in [0, 0.1) is 0 Å². The monoisotopic (exact) mass is 389 g/mol. The molecular formula is C27H23N3. The van der Waals surface area contributed by atoms with E-state index in [4.69, 9.17) is 10.7 Å². The van der Waals surface area contributed by atoms with Gasteiger partial charge in [0.25, 0.3) is 0 Å². The van der Waals surface area contributed by atoms with Gasteiger partial charge in [-0.05, 0) is 33.5 Å². The normalized spacial score (nSPS) is 12.7. The van der Waals surface area contributed by atoms with Crippen molar-refractivity contribution in [2.75, 3.05) is 11.9 Å². The molecule has 0 saturated heterocycles. The lowest BCUT2D eigenvalue weighted by Crippen LogP contribution is -2.35. The summed E-state index contributed by atoms with van der Waals surface area (Å²) in [6, 6.07) is 31.1. The average molecular weight is 390 g/mol. The first kappa shape index (κ1) is 18.2. The Labute approximate surface area is 176 Å². The maximum atomic E-state index is 6.56. The van der Waals surface area contributed by atoms with Crippen LogP contribution in [0.15, 0.2) is 96.0 Å². The average Bonchev–Trinajstić information content (AvgIpc) is 3.24. The summed E-state index contributed by atoms with van der Waals surface area (Å²) < 4.78 is 0. The van der Waals surface area contributed by atoms with Crippen molar-refractivity contribution < 1.29 is 0 Å². The second-order valence-corrected chi connectivity index (χ2v) is 7.55. The van der Waals surface area contributed by atoms with Gasteiger partial charge in [-0.3, -0.25) is 0 Å². The summed E-state index contributed by atoms with van der Waals surface area (Å²) in [5.41, 5.74) is 12.3. The second kappa shape index (κ2) is 7.53. The van der Waals surface area contributed by atoms with Gasteiger partial charge in [0.1, 0.15) is 6.04 Å². The molecule has 0 spiro atoms. The largest absolute Gasteiger partial charge is 0.369 e. The molecule has 4 aromatic carbocycles. The highest BCUT2D eigenvalue weighted by atomic mass is 15.2. The summed E-state index contributed by atoms with van der Waals surface area (Å²) in [4.78, 5) is 6.95. The van der Waals surface area contributed by atoms with Crippen molar-refractivity contribution in [3.8, 4) is 0 Å². The number of rotatable bonds is 4. The number of aliphatic imine (C=N–C) groups is 1. The first-order valence-corrected chi connectivity index (χ1v) is 10.1. The molecule has 0 atom stereocenters. The standard InChI is InChI=1S/C27H23N3/c1-30(24-18-16-20-14-8-13-19-15-17-23(24)25(19)20)27(28)29-26(21-9-4-2-5-10-21)22-11-6-3-7-12-22/h2-18,26H,1H3,(H2,28,29). The molecule has 0 bridgehead atoms. The zero-order chi connectivity index (χ0) is 20.5. The molecule has 5 rings (SSSR count). The number of nitrogens with two attached hydrogens (primary N) is 1. The second-order valence-electron chi connectivity index (χ2n) is 7.55. The van der Waals surface area contributed by atoms with Crippen LogP contribution >= 0.6 is 0 Å². The molecule has 146 valence electrons. The molecule has 0 heterocycles. The molecule has 0 unspecified atom stereocenters. The summed E-state index contributed by atoms with van der Waals surface area (Å²) in [7, 11) is 1.98. The summed E-state index contributed by atoms with van der Waals surface area (Å²) in [5, 5.41) is 2.52. The third-order valence-electron chi connectivity index (χ3n) is 5.72. The molecule has 0 radical (unpaired) electrons. The van der Waals surface area contributed by atoms with Crippen molar-refractivity contribution in [1.82, 2.24) is 0 Å². The number of hydrogen-bond donors (Lipinski definition) is 1. The molecule has 1 aliphatic carbocycles. The van der Waals surface area contributed by atoms with Gasteiger partial charge >= 0.3 is 0 Å². The quantitative estimate of drug-likeness (QED) is 0.309. The molecule has 30 heavy (non-hydrogen) atoms. The minimum atomic E-state index is -0.157. The Morgan fingerprint density at radius 1 is 0.767 bits per heavy atom. The van der Waals surface area contributed by atoms with Crippen molar-refractivity contribution in [1.29, 1.82) is 0 Å². The van der Waals surface area contributed by atoms with Gasteiger partial charge in [0.2, 0.25) is 0 Å². The summed E-state index contributed by atoms with van der Waals surface area (Å²) in [6.45, 7) is 0. The van der Waals surface area contributed by atoms with Crippen LogP contribution in [-0.4, -0.2) is 13.0 Å². The third-order valence-corrected chi connectivity index (χ3v) is 5.72. The molecule has 3 nitrogen and oxygen atoms in total. The zero-order valence-corrected chi connectivity index (χ0v) is 16.9. The Balaban J connectivity index is 1.57. The van der Waals surface area contributed by atoms with Crippen LogP contribution in [0.25, 0.3) is 22.9 Å². The smallest absolute Gasteiger partial charge is 0.196 e. The van der Waals surface area contributed by atoms with E-state index < -0.39 is 0 Å². The molecule has 0 amide bonds. The molecular weight excluding hydrogens is 366 g/mol. The molecule has 2 N–H and O–H groups in total. The van der Waals surface area contributed by atoms with E-state index in [0.29, 0.717) is 5.96 Å². The van der Waals surface area contributed by atoms with E-state index in [0.717, 1.165) is 16.8 Å². The Kier molecular flexibility index (Phi) is 4.56. The van der Waals surface area contributed by atoms with Crippen molar-refractivity contribution in [3.63, 3.8) is 0 Å². The van der Waals surface area contributed by atoms with Gasteiger partial charge < -0.3 is 10.6 Å². The maximum absolute atomic E-state index is 6.56. The highest BCUT2D eigenvalue weighted by Crippen LogP contribution is 2.37. The van der Waals surface area contributed by atoms with Gasteiger partial charge in [-0.25, -0.2) is 4.99 Å². The Hall–Kier alpha value is -3.85. The lowest BCUT2D eigenvalue weighted by molar-refractivity contribution is 0.863.